The average molecular weight is 485 g/mol. The molecule has 4 heterocycles. The molecule has 0 spiro atoms. The minimum absolute atomic E-state index is 0.0105. The van der Waals surface area contributed by atoms with E-state index in [1.807, 2.05) is 0 Å². The lowest BCUT2D eigenvalue weighted by Gasteiger charge is -2.65. The van der Waals surface area contributed by atoms with Gasteiger partial charge in [-0.3, -0.25) is 23.9 Å². The number of amides is 2. The van der Waals surface area contributed by atoms with E-state index >= 15 is 0 Å². The minimum atomic E-state index is -1.26. The lowest BCUT2D eigenvalue weighted by atomic mass is 9.47. The zero-order chi connectivity index (χ0) is 24.7. The number of carbonyl (C=O) groups excluding carboxylic acids is 2. The highest BCUT2D eigenvalue weighted by molar-refractivity contribution is 5.99. The molecule has 1 atom stereocenters. The molecule has 3 saturated carbocycles. The summed E-state index contributed by atoms with van der Waals surface area (Å²) in [6.07, 6.45) is 1.35. The van der Waals surface area contributed by atoms with Crippen LogP contribution < -0.4 is 15.6 Å². The maximum absolute atomic E-state index is 14.7. The van der Waals surface area contributed by atoms with Gasteiger partial charge in [-0.2, -0.15) is 0 Å². The average Bonchev–Trinajstić information content (AvgIpc) is 3.10. The summed E-state index contributed by atoms with van der Waals surface area (Å²) in [5, 5.41) is 12.4. The quantitative estimate of drug-likeness (QED) is 0.579. The Kier molecular flexibility index (Phi) is 4.41. The normalized spacial score (nSPS) is 27.0. The number of hydrogen-bond donors (Lipinski definition) is 2. The first-order chi connectivity index (χ1) is 16.6. The van der Waals surface area contributed by atoms with E-state index in [1.165, 1.54) is 17.0 Å². The highest BCUT2D eigenvalue weighted by atomic mass is 19.1. The van der Waals surface area contributed by atoms with Crippen LogP contribution in [0.5, 0.6) is 0 Å². The summed E-state index contributed by atoms with van der Waals surface area (Å²) in [6, 6.07) is 3.32. The molecule has 7 rings (SSSR count). The summed E-state index contributed by atoms with van der Waals surface area (Å²) in [5.41, 5.74) is -3.13. The van der Waals surface area contributed by atoms with Gasteiger partial charge < -0.3 is 10.4 Å². The van der Waals surface area contributed by atoms with Gasteiger partial charge in [0.2, 0.25) is 11.3 Å². The van der Waals surface area contributed by atoms with Crippen LogP contribution in [-0.4, -0.2) is 55.3 Å². The monoisotopic (exact) mass is 485 g/mol. The van der Waals surface area contributed by atoms with Crippen LogP contribution in [0.4, 0.5) is 19.0 Å². The molecule has 4 fully saturated rings. The van der Waals surface area contributed by atoms with E-state index in [0.717, 1.165) is 17.0 Å². The highest BCUT2D eigenvalue weighted by Crippen LogP contribution is 2.62. The number of alkyl halides is 1. The van der Waals surface area contributed by atoms with Crippen LogP contribution in [0.3, 0.4) is 0 Å². The summed E-state index contributed by atoms with van der Waals surface area (Å²) in [7, 11) is 0. The molecular weight excluding hydrogens is 467 g/mol. The molecule has 9 nitrogen and oxygen atoms in total. The van der Waals surface area contributed by atoms with Gasteiger partial charge in [-0.05, 0) is 12.1 Å². The molecule has 1 saturated heterocycles. The van der Waals surface area contributed by atoms with Crippen molar-refractivity contribution in [2.75, 3.05) is 11.4 Å². The Morgan fingerprint density at radius 3 is 2.57 bits per heavy atom. The van der Waals surface area contributed by atoms with Gasteiger partial charge in [0.15, 0.2) is 17.3 Å². The number of hydrogen-bond acceptors (Lipinski definition) is 6. The molecule has 4 aliphatic rings. The zero-order valence-electron chi connectivity index (χ0n) is 18.1. The molecule has 180 valence electrons. The third-order valence-corrected chi connectivity index (χ3v) is 6.82. The molecule has 2 bridgehead atoms. The third kappa shape index (κ3) is 3.31. The molecule has 35 heavy (non-hydrogen) atoms. The number of aliphatic hydroxyl groups excluding tert-OH is 1. The Morgan fingerprint density at radius 1 is 1.20 bits per heavy atom. The first-order valence-corrected chi connectivity index (χ1v) is 10.9. The standard InChI is InChI=1S/C23H18F3N5O4/c24-11-3-15(25)20(27-5-11)31-7-14(21(35)29-23-8-22(26,9-23)10-23)18(34)13-1-2-16(28-19(13)31)30-6-12(32)4-17(30)33/h1-3,5,7,12,32H,4,6,8-10H2,(H,29,35). The molecule has 0 aromatic carbocycles. The fourth-order valence-electron chi connectivity index (χ4n) is 5.27. The van der Waals surface area contributed by atoms with Crippen molar-refractivity contribution in [3.8, 4) is 5.82 Å². The van der Waals surface area contributed by atoms with Crippen LogP contribution in [0.2, 0.25) is 0 Å². The first-order valence-electron chi connectivity index (χ1n) is 10.9. The molecule has 2 N–H and O–H groups in total. The molecule has 3 aromatic heterocycles. The maximum Gasteiger partial charge on any atom is 0.257 e. The predicted molar refractivity (Wildman–Crippen MR) is 116 cm³/mol. The number of nitrogens with one attached hydrogen (secondary N) is 1. The van der Waals surface area contributed by atoms with Gasteiger partial charge in [-0.25, -0.2) is 23.1 Å². The number of β-amino-alcohol motifs (C(OH)–C–C–N with tert-alkyl or cyclic N) is 1. The van der Waals surface area contributed by atoms with E-state index < -0.39 is 46.1 Å². The summed E-state index contributed by atoms with van der Waals surface area (Å²) in [4.78, 5) is 47.8. The summed E-state index contributed by atoms with van der Waals surface area (Å²) in [5.74, 6) is -3.45. The van der Waals surface area contributed by atoms with E-state index in [4.69, 9.17) is 0 Å². The number of aliphatic hydroxyl groups is 1. The fraction of sp³-hybridized carbons (Fsp3) is 0.348. The number of carbonyl (C=O) groups is 2. The molecular formula is C23H18F3N5O4. The molecule has 12 heteroatoms. The van der Waals surface area contributed by atoms with Crippen molar-refractivity contribution >= 4 is 28.7 Å². The van der Waals surface area contributed by atoms with Gasteiger partial charge in [0, 0.05) is 37.1 Å². The second-order valence-corrected chi connectivity index (χ2v) is 9.52. The van der Waals surface area contributed by atoms with E-state index in [-0.39, 0.29) is 60.5 Å². The smallest absolute Gasteiger partial charge is 0.257 e. The van der Waals surface area contributed by atoms with Gasteiger partial charge in [0.05, 0.1) is 30.7 Å². The summed E-state index contributed by atoms with van der Waals surface area (Å²) < 4.78 is 43.2. The second-order valence-electron chi connectivity index (χ2n) is 9.52. The lowest BCUT2D eigenvalue weighted by Crippen LogP contribution is -2.76. The molecule has 1 aliphatic heterocycles. The third-order valence-electron chi connectivity index (χ3n) is 6.82. The van der Waals surface area contributed by atoms with E-state index in [1.54, 1.807) is 0 Å². The Bertz CT molecular complexity index is 1490. The predicted octanol–water partition coefficient (Wildman–Crippen LogP) is 1.53. The van der Waals surface area contributed by atoms with Crippen molar-refractivity contribution < 1.29 is 27.9 Å². The second kappa shape index (κ2) is 7.11. The topological polar surface area (TPSA) is 117 Å². The van der Waals surface area contributed by atoms with Crippen LogP contribution in [0.15, 0.2) is 35.4 Å². The summed E-state index contributed by atoms with van der Waals surface area (Å²) >= 11 is 0. The van der Waals surface area contributed by atoms with Crippen LogP contribution in [-0.2, 0) is 4.79 Å². The Hall–Kier alpha value is -3.80. The largest absolute Gasteiger partial charge is 0.391 e. The van der Waals surface area contributed by atoms with Gasteiger partial charge >= 0.3 is 0 Å². The van der Waals surface area contributed by atoms with Crippen molar-refractivity contribution in [1.82, 2.24) is 19.9 Å². The molecule has 3 aliphatic carbocycles. The summed E-state index contributed by atoms with van der Waals surface area (Å²) in [6.45, 7) is -0.0105. The molecule has 2 amide bonds. The van der Waals surface area contributed by atoms with Gasteiger partial charge in [0.25, 0.3) is 5.91 Å². The number of aromatic nitrogens is 3. The molecule has 3 aromatic rings. The molecule has 1 unspecified atom stereocenters. The van der Waals surface area contributed by atoms with Gasteiger partial charge in [0.1, 0.15) is 22.9 Å². The van der Waals surface area contributed by atoms with E-state index in [9.17, 15) is 32.7 Å². The van der Waals surface area contributed by atoms with Crippen molar-refractivity contribution in [2.24, 2.45) is 0 Å². The minimum Gasteiger partial charge on any atom is -0.391 e. The van der Waals surface area contributed by atoms with Gasteiger partial charge in [-0.1, -0.05) is 0 Å². The SMILES string of the molecule is O=C(NC12CC(F)(C1)C2)c1cn(-c2ncc(F)cc2F)c2nc(N3CC(O)CC3=O)ccc2c1=O. The van der Waals surface area contributed by atoms with Crippen molar-refractivity contribution in [3.05, 3.63) is 58.0 Å². The molecule has 0 radical (unpaired) electrons. The number of rotatable bonds is 4. The van der Waals surface area contributed by atoms with Crippen molar-refractivity contribution in [1.29, 1.82) is 0 Å². The number of fused-ring (bicyclic) bond motifs is 1. The van der Waals surface area contributed by atoms with Crippen LogP contribution in [0.25, 0.3) is 16.9 Å². The Morgan fingerprint density at radius 2 is 1.94 bits per heavy atom. The van der Waals surface area contributed by atoms with Crippen molar-refractivity contribution in [3.63, 3.8) is 0 Å². The van der Waals surface area contributed by atoms with Crippen LogP contribution in [0.1, 0.15) is 36.0 Å². The van der Waals surface area contributed by atoms with Crippen molar-refractivity contribution in [2.45, 2.75) is 43.0 Å². The number of pyridine rings is 3. The van der Waals surface area contributed by atoms with Gasteiger partial charge in [-0.15, -0.1) is 0 Å². The maximum atomic E-state index is 14.7. The number of anilines is 1. The first kappa shape index (κ1) is 21.7. The van der Waals surface area contributed by atoms with Crippen LogP contribution >= 0.6 is 0 Å². The Balaban J connectivity index is 1.50. The van der Waals surface area contributed by atoms with E-state index in [0.29, 0.717) is 6.07 Å². The zero-order valence-corrected chi connectivity index (χ0v) is 18.1. The number of halogens is 3. The van der Waals surface area contributed by atoms with Crippen LogP contribution in [0, 0.1) is 11.6 Å². The Labute approximate surface area is 195 Å². The van der Waals surface area contributed by atoms with E-state index in [2.05, 4.69) is 15.3 Å². The lowest BCUT2D eigenvalue weighted by molar-refractivity contribution is -0.162. The highest BCUT2D eigenvalue weighted by Gasteiger charge is 2.70. The fourth-order valence-corrected chi connectivity index (χ4v) is 5.27. The number of nitrogens with zero attached hydrogens (tertiary/aromatic N) is 4.